The van der Waals surface area contributed by atoms with Crippen molar-refractivity contribution in [3.05, 3.63) is 62.8 Å². The third-order valence-electron chi connectivity index (χ3n) is 4.68. The van der Waals surface area contributed by atoms with E-state index in [0.717, 1.165) is 36.5 Å². The van der Waals surface area contributed by atoms with Gasteiger partial charge in [0.15, 0.2) is 0 Å². The van der Waals surface area contributed by atoms with Crippen LogP contribution >= 0.6 is 28.3 Å². The Kier molecular flexibility index (Phi) is 4.98. The summed E-state index contributed by atoms with van der Waals surface area (Å²) in [6.45, 7) is 4.45. The van der Waals surface area contributed by atoms with Crippen molar-refractivity contribution in [3.63, 3.8) is 0 Å². The van der Waals surface area contributed by atoms with Gasteiger partial charge in [0.25, 0.3) is 5.56 Å². The summed E-state index contributed by atoms with van der Waals surface area (Å²) in [5.41, 5.74) is 6.11. The summed E-state index contributed by atoms with van der Waals surface area (Å²) < 4.78 is 0. The number of H-pyrrole nitrogens is 1. The Morgan fingerprint density at radius 1 is 1.41 bits per heavy atom. The lowest BCUT2D eigenvalue weighted by molar-refractivity contribution is 0.417. The van der Waals surface area contributed by atoms with Crippen molar-refractivity contribution in [2.75, 3.05) is 0 Å². The van der Waals surface area contributed by atoms with Crippen LogP contribution in [0.1, 0.15) is 40.8 Å². The Morgan fingerprint density at radius 3 is 3.00 bits per heavy atom. The number of hydrogen-bond acceptors (Lipinski definition) is 2. The number of benzene rings is 1. The molecule has 1 aromatic heterocycles. The molecule has 0 fully saturated rings. The molecule has 3 nitrogen and oxygen atoms in total. The van der Waals surface area contributed by atoms with Gasteiger partial charge in [-0.3, -0.25) is 4.79 Å². The molecule has 0 spiro atoms. The summed E-state index contributed by atoms with van der Waals surface area (Å²) in [6, 6.07) is 6.87. The fourth-order valence-corrected chi connectivity index (χ4v) is 5.11. The van der Waals surface area contributed by atoms with E-state index in [1.54, 1.807) is 0 Å². The van der Waals surface area contributed by atoms with Crippen LogP contribution in [0.4, 0.5) is 0 Å². The summed E-state index contributed by atoms with van der Waals surface area (Å²) in [5, 5.41) is 0. The number of rotatable bonds is 3. The van der Waals surface area contributed by atoms with E-state index in [9.17, 15) is 4.79 Å². The van der Waals surface area contributed by atoms with Crippen molar-refractivity contribution in [1.29, 1.82) is 0 Å². The molecule has 0 amide bonds. The first kappa shape index (κ1) is 16.1. The highest BCUT2D eigenvalue weighted by atomic mass is 127. The molecule has 0 bridgehead atoms. The lowest BCUT2D eigenvalue weighted by atomic mass is 9.74. The molecular formula is C17H20IN2OP. The topological polar surface area (TPSA) is 45.8 Å². The molecule has 3 unspecified atom stereocenters. The Morgan fingerprint density at radius 2 is 2.23 bits per heavy atom. The molecule has 1 aliphatic rings. The number of hydrogen-bond donors (Lipinski definition) is 1. The van der Waals surface area contributed by atoms with Gasteiger partial charge in [-0.25, -0.2) is 4.98 Å². The average molecular weight is 426 g/mol. The van der Waals surface area contributed by atoms with E-state index >= 15 is 0 Å². The zero-order valence-electron chi connectivity index (χ0n) is 12.8. The highest BCUT2D eigenvalue weighted by Gasteiger charge is 2.30. The fourth-order valence-electron chi connectivity index (χ4n) is 3.42. The third-order valence-corrected chi connectivity index (χ3v) is 6.36. The number of aromatic nitrogens is 2. The number of fused-ring (bicyclic) bond motifs is 1. The summed E-state index contributed by atoms with van der Waals surface area (Å²) in [4.78, 5) is 19.1. The van der Waals surface area contributed by atoms with Gasteiger partial charge in [-0.05, 0) is 54.5 Å². The zero-order chi connectivity index (χ0) is 15.7. The summed E-state index contributed by atoms with van der Waals surface area (Å²) in [7, 11) is 0. The van der Waals surface area contributed by atoms with E-state index < -0.39 is 0 Å². The molecule has 3 atom stereocenters. The summed E-state index contributed by atoms with van der Waals surface area (Å²) in [6.07, 6.45) is 5.28. The minimum absolute atomic E-state index is 0.0342. The molecule has 1 aromatic carbocycles. The Balaban J connectivity index is 1.99. The Bertz CT molecular complexity index is 744. The predicted molar refractivity (Wildman–Crippen MR) is 101 cm³/mol. The van der Waals surface area contributed by atoms with Gasteiger partial charge < -0.3 is 4.98 Å². The number of aromatic amines is 1. The average Bonchev–Trinajstić information content (AvgIpc) is 2.50. The first-order valence-corrected chi connectivity index (χ1v) is 11.9. The van der Waals surface area contributed by atoms with Crippen molar-refractivity contribution in [1.82, 2.24) is 9.97 Å². The maximum absolute atomic E-state index is 12.0. The second kappa shape index (κ2) is 6.79. The van der Waals surface area contributed by atoms with Crippen molar-refractivity contribution >= 4 is 28.3 Å². The predicted octanol–water partition coefficient (Wildman–Crippen LogP) is 4.13. The van der Waals surface area contributed by atoms with Gasteiger partial charge >= 0.3 is 0 Å². The SMILES string of the molecule is Cc1ccc(CPI)cc1C1Cc2nc[nH]c(=O)c2CC1C. The highest BCUT2D eigenvalue weighted by Crippen LogP contribution is 2.37. The Labute approximate surface area is 145 Å². The molecule has 0 aliphatic heterocycles. The molecule has 3 rings (SSSR count). The van der Waals surface area contributed by atoms with Crippen LogP contribution in [-0.2, 0) is 19.0 Å². The molecule has 5 heteroatoms. The van der Waals surface area contributed by atoms with E-state index in [0.29, 0.717) is 11.8 Å². The number of nitrogens with zero attached hydrogens (tertiary/aromatic N) is 1. The first-order chi connectivity index (χ1) is 10.6. The normalized spacial score (nSPS) is 21.2. The molecule has 1 heterocycles. The lowest BCUT2D eigenvalue weighted by Gasteiger charge is -2.31. The molecule has 0 radical (unpaired) electrons. The molecule has 22 heavy (non-hydrogen) atoms. The second-order valence-corrected chi connectivity index (χ2v) is 9.06. The molecule has 1 aliphatic carbocycles. The zero-order valence-corrected chi connectivity index (χ0v) is 16.0. The largest absolute Gasteiger partial charge is 0.313 e. The molecule has 0 saturated carbocycles. The van der Waals surface area contributed by atoms with Gasteiger partial charge in [0.05, 0.1) is 12.0 Å². The Hall–Kier alpha value is -0.740. The van der Waals surface area contributed by atoms with Gasteiger partial charge in [-0.1, -0.05) is 53.4 Å². The maximum atomic E-state index is 12.0. The van der Waals surface area contributed by atoms with Crippen molar-refractivity contribution < 1.29 is 0 Å². The lowest BCUT2D eigenvalue weighted by Crippen LogP contribution is -2.29. The fraction of sp³-hybridized carbons (Fsp3) is 0.412. The summed E-state index contributed by atoms with van der Waals surface area (Å²) in [5.74, 6) is 0.924. The van der Waals surface area contributed by atoms with Gasteiger partial charge in [-0.15, -0.1) is 0 Å². The van der Waals surface area contributed by atoms with Crippen LogP contribution in [0, 0.1) is 12.8 Å². The number of halogens is 1. The third kappa shape index (κ3) is 3.13. The monoisotopic (exact) mass is 426 g/mol. The maximum Gasteiger partial charge on any atom is 0.254 e. The molecule has 0 saturated heterocycles. The smallest absolute Gasteiger partial charge is 0.254 e. The molecular weight excluding hydrogens is 406 g/mol. The van der Waals surface area contributed by atoms with Crippen LogP contribution in [0.15, 0.2) is 29.3 Å². The number of nitrogens with one attached hydrogen (secondary N) is 1. The van der Waals surface area contributed by atoms with Crippen LogP contribution < -0.4 is 5.56 Å². The number of aryl methyl sites for hydroxylation is 1. The van der Waals surface area contributed by atoms with E-state index in [2.05, 4.69) is 64.1 Å². The highest BCUT2D eigenvalue weighted by molar-refractivity contribution is 14.2. The summed E-state index contributed by atoms with van der Waals surface area (Å²) >= 11 is 2.45. The van der Waals surface area contributed by atoms with Gasteiger partial charge in [0.2, 0.25) is 0 Å². The van der Waals surface area contributed by atoms with E-state index in [4.69, 9.17) is 0 Å². The van der Waals surface area contributed by atoms with Crippen molar-refractivity contribution in [3.8, 4) is 0 Å². The van der Waals surface area contributed by atoms with E-state index in [-0.39, 0.29) is 5.56 Å². The first-order valence-electron chi connectivity index (χ1n) is 7.58. The second-order valence-electron chi connectivity index (χ2n) is 6.15. The van der Waals surface area contributed by atoms with E-state index in [1.165, 1.54) is 23.0 Å². The standard InChI is InChI=1S/C17H20IN2OP/c1-10-3-4-12(8-22-18)6-13(10)14-7-16-15(5-11(14)2)17(21)20-9-19-16/h3-4,6,9,11,14,22H,5,7-8H2,1-2H3,(H,19,20,21). The van der Waals surface area contributed by atoms with Crippen molar-refractivity contribution in [2.45, 2.75) is 38.8 Å². The van der Waals surface area contributed by atoms with Gasteiger partial charge in [0.1, 0.15) is 0 Å². The van der Waals surface area contributed by atoms with Gasteiger partial charge in [0, 0.05) is 5.56 Å². The quantitative estimate of drug-likeness (QED) is 0.593. The molecule has 1 N–H and O–H groups in total. The minimum Gasteiger partial charge on any atom is -0.313 e. The van der Waals surface area contributed by atoms with Crippen LogP contribution in [-0.4, -0.2) is 9.97 Å². The van der Waals surface area contributed by atoms with Crippen molar-refractivity contribution in [2.24, 2.45) is 5.92 Å². The van der Waals surface area contributed by atoms with Gasteiger partial charge in [-0.2, -0.15) is 0 Å². The molecule has 116 valence electrons. The molecule has 2 aromatic rings. The minimum atomic E-state index is 0.0342. The van der Waals surface area contributed by atoms with Crippen LogP contribution in [0.3, 0.4) is 0 Å². The van der Waals surface area contributed by atoms with Crippen LogP contribution in [0.25, 0.3) is 0 Å². The van der Waals surface area contributed by atoms with E-state index in [1.807, 2.05) is 0 Å². The van der Waals surface area contributed by atoms with Crippen LogP contribution in [0.5, 0.6) is 0 Å². The van der Waals surface area contributed by atoms with Crippen LogP contribution in [0.2, 0.25) is 0 Å².